The molecule has 51 heavy (non-hydrogen) atoms. The van der Waals surface area contributed by atoms with Gasteiger partial charge in [-0.2, -0.15) is 0 Å². The molecule has 0 unspecified atom stereocenters. The van der Waals surface area contributed by atoms with E-state index in [4.69, 9.17) is 0 Å². The van der Waals surface area contributed by atoms with Crippen molar-refractivity contribution in [3.8, 4) is 11.1 Å². The van der Waals surface area contributed by atoms with Gasteiger partial charge >= 0.3 is 0 Å². The van der Waals surface area contributed by atoms with Crippen LogP contribution in [-0.2, 0) is 5.41 Å². The van der Waals surface area contributed by atoms with Gasteiger partial charge in [-0.15, -0.1) is 0 Å². The molecule has 2 aliphatic rings. The van der Waals surface area contributed by atoms with Gasteiger partial charge in [0.05, 0.1) is 5.41 Å². The van der Waals surface area contributed by atoms with Crippen molar-refractivity contribution in [2.24, 2.45) is 0 Å². The van der Waals surface area contributed by atoms with Crippen molar-refractivity contribution < 1.29 is 0 Å². The predicted octanol–water partition coefficient (Wildman–Crippen LogP) is 15.9. The summed E-state index contributed by atoms with van der Waals surface area (Å²) in [5.74, 6) is 0. The van der Waals surface area contributed by atoms with Gasteiger partial charge < -0.3 is 0 Å². The van der Waals surface area contributed by atoms with Crippen LogP contribution in [0.15, 0.2) is 151 Å². The van der Waals surface area contributed by atoms with Crippen molar-refractivity contribution in [3.63, 3.8) is 0 Å². The fourth-order valence-electron chi connectivity index (χ4n) is 7.05. The first kappa shape index (κ1) is 40.5. The Hall–Kier alpha value is -4.94. The van der Waals surface area contributed by atoms with E-state index in [-0.39, 0.29) is 0 Å². The fourth-order valence-corrected chi connectivity index (χ4v) is 7.05. The predicted molar refractivity (Wildman–Crippen MR) is 233 cm³/mol. The summed E-state index contributed by atoms with van der Waals surface area (Å²) in [7, 11) is 0. The fraction of sp³-hybridized carbons (Fsp3) is 0.255. The zero-order chi connectivity index (χ0) is 37.4. The van der Waals surface area contributed by atoms with Gasteiger partial charge in [0.1, 0.15) is 0 Å². The number of benzene rings is 5. The third-order valence-electron chi connectivity index (χ3n) is 9.09. The van der Waals surface area contributed by atoms with E-state index in [2.05, 4.69) is 160 Å². The number of rotatable bonds is 4. The van der Waals surface area contributed by atoms with Gasteiger partial charge in [0.25, 0.3) is 0 Å². The molecular formula is C51H60. The molecule has 0 bridgehead atoms. The standard InChI is InChI=1S/C43H36.4C2H6/c1-4-14-32-25-38(24-22-31(32)5-2)43(37-20-9-7-6-8-15-30(3)21-23-37)41-28-35-18-12-10-16-33(35)26-39(41)40-27-34-17-11-13-19-36(34)29-42(40)43;4*1-2/h4-5,8-29H,2,6-7H2,1,3H3;4*1-2H3/b14-4-,15-8-,20-9+,30-21+,37-23+;;;;. The second-order valence-corrected chi connectivity index (χ2v) is 11.7. The topological polar surface area (TPSA) is 0 Å². The van der Waals surface area contributed by atoms with E-state index < -0.39 is 5.41 Å². The van der Waals surface area contributed by atoms with E-state index in [1.54, 1.807) is 0 Å². The maximum Gasteiger partial charge on any atom is 0.0714 e. The molecule has 7 rings (SSSR count). The van der Waals surface area contributed by atoms with Crippen LogP contribution in [0, 0.1) is 0 Å². The summed E-state index contributed by atoms with van der Waals surface area (Å²) in [5, 5.41) is 5.06. The highest BCUT2D eigenvalue weighted by Crippen LogP contribution is 2.58. The molecule has 0 heterocycles. The van der Waals surface area contributed by atoms with E-state index in [0.717, 1.165) is 18.4 Å². The molecule has 0 N–H and O–H groups in total. The van der Waals surface area contributed by atoms with Gasteiger partial charge in [0.15, 0.2) is 0 Å². The molecule has 5 aromatic rings. The highest BCUT2D eigenvalue weighted by Gasteiger charge is 2.47. The van der Waals surface area contributed by atoms with Crippen LogP contribution < -0.4 is 0 Å². The van der Waals surface area contributed by atoms with E-state index >= 15 is 0 Å². The van der Waals surface area contributed by atoms with Crippen LogP contribution in [-0.4, -0.2) is 0 Å². The Labute approximate surface area is 310 Å². The van der Waals surface area contributed by atoms with Gasteiger partial charge in [-0.05, 0) is 123 Å². The summed E-state index contributed by atoms with van der Waals surface area (Å²) in [5.41, 5.74) is 10.9. The first-order chi connectivity index (χ1) is 25.1. The van der Waals surface area contributed by atoms with Gasteiger partial charge in [-0.1, -0.05) is 183 Å². The Morgan fingerprint density at radius 2 is 1.06 bits per heavy atom. The van der Waals surface area contributed by atoms with Crippen molar-refractivity contribution in [2.45, 2.75) is 87.5 Å². The van der Waals surface area contributed by atoms with Crippen LogP contribution in [0.3, 0.4) is 0 Å². The molecule has 0 saturated heterocycles. The van der Waals surface area contributed by atoms with Crippen LogP contribution in [0.4, 0.5) is 0 Å². The molecule has 0 aromatic heterocycles. The highest BCUT2D eigenvalue weighted by molar-refractivity contribution is 6.00. The molecule has 0 aliphatic heterocycles. The lowest BCUT2D eigenvalue weighted by Gasteiger charge is -2.35. The molecule has 0 radical (unpaired) electrons. The maximum absolute atomic E-state index is 4.13. The first-order valence-corrected chi connectivity index (χ1v) is 19.3. The molecule has 264 valence electrons. The van der Waals surface area contributed by atoms with Gasteiger partial charge in [0.2, 0.25) is 0 Å². The first-order valence-electron chi connectivity index (χ1n) is 19.3. The van der Waals surface area contributed by atoms with E-state index in [1.807, 2.05) is 61.5 Å². The molecule has 2 aliphatic carbocycles. The molecule has 0 spiro atoms. The molecule has 0 amide bonds. The van der Waals surface area contributed by atoms with Crippen LogP contribution in [0.2, 0.25) is 0 Å². The van der Waals surface area contributed by atoms with Gasteiger partial charge in [-0.3, -0.25) is 0 Å². The molecule has 0 heteroatoms. The quantitative estimate of drug-likeness (QED) is 0.178. The number of allylic oxidation sites excluding steroid dienone is 9. The van der Waals surface area contributed by atoms with Crippen molar-refractivity contribution in [1.29, 1.82) is 0 Å². The second kappa shape index (κ2) is 20.0. The van der Waals surface area contributed by atoms with E-state index in [9.17, 15) is 0 Å². The molecule has 0 atom stereocenters. The minimum atomic E-state index is -0.509. The van der Waals surface area contributed by atoms with Crippen molar-refractivity contribution in [3.05, 3.63) is 179 Å². The zero-order valence-electron chi connectivity index (χ0n) is 33.0. The SMILES string of the molecule is C=Cc1ccc(C2(C3=C/C=C(C)/C=C\CC\C=C\3)c3cc4ccccc4cc3-c3cc4ccccc4cc32)cc1/C=C\C.CC.CC.CC.CC. The second-order valence-electron chi connectivity index (χ2n) is 11.7. The summed E-state index contributed by atoms with van der Waals surface area (Å²) >= 11 is 0. The lowest BCUT2D eigenvalue weighted by molar-refractivity contribution is 0.767. The Bertz CT molecular complexity index is 1970. The van der Waals surface area contributed by atoms with Crippen LogP contribution in [0.1, 0.15) is 110 Å². The largest absolute Gasteiger partial charge is 0.0984 e. The van der Waals surface area contributed by atoms with Gasteiger partial charge in [-0.25, -0.2) is 0 Å². The number of hydrogen-bond acceptors (Lipinski definition) is 0. The maximum atomic E-state index is 4.13. The van der Waals surface area contributed by atoms with Crippen LogP contribution in [0.5, 0.6) is 0 Å². The average Bonchev–Trinajstić information content (AvgIpc) is 3.47. The highest BCUT2D eigenvalue weighted by atomic mass is 14.5. The zero-order valence-corrected chi connectivity index (χ0v) is 33.0. The normalized spacial score (nSPS) is 17.1. The lowest BCUT2D eigenvalue weighted by atomic mass is 9.66. The molecule has 5 aromatic carbocycles. The van der Waals surface area contributed by atoms with E-state index in [0.29, 0.717) is 0 Å². The monoisotopic (exact) mass is 672 g/mol. The smallest absolute Gasteiger partial charge is 0.0714 e. The third-order valence-corrected chi connectivity index (χ3v) is 9.09. The average molecular weight is 673 g/mol. The third kappa shape index (κ3) is 8.18. The lowest BCUT2D eigenvalue weighted by Crippen LogP contribution is -2.29. The van der Waals surface area contributed by atoms with Gasteiger partial charge in [0, 0.05) is 0 Å². The van der Waals surface area contributed by atoms with Crippen LogP contribution >= 0.6 is 0 Å². The number of fused-ring (bicyclic) bond motifs is 5. The summed E-state index contributed by atoms with van der Waals surface area (Å²) < 4.78 is 0. The summed E-state index contributed by atoms with van der Waals surface area (Å²) in [6, 6.07) is 34.3. The van der Waals surface area contributed by atoms with Crippen molar-refractivity contribution >= 4 is 33.7 Å². The number of hydrogen-bond donors (Lipinski definition) is 0. The van der Waals surface area contributed by atoms with E-state index in [1.165, 1.54) is 66.1 Å². The Morgan fingerprint density at radius 3 is 1.55 bits per heavy atom. The molecule has 0 nitrogen and oxygen atoms in total. The summed E-state index contributed by atoms with van der Waals surface area (Å²) in [6.45, 7) is 24.4. The minimum absolute atomic E-state index is 0.509. The molecular weight excluding hydrogens is 613 g/mol. The van der Waals surface area contributed by atoms with Crippen molar-refractivity contribution in [1.82, 2.24) is 0 Å². The van der Waals surface area contributed by atoms with Crippen LogP contribution in [0.25, 0.3) is 44.8 Å². The summed E-state index contributed by atoms with van der Waals surface area (Å²) in [4.78, 5) is 0. The summed E-state index contributed by atoms with van der Waals surface area (Å²) in [6.07, 6.45) is 22.3. The Morgan fingerprint density at radius 1 is 0.569 bits per heavy atom. The Kier molecular flexibility index (Phi) is 15.9. The minimum Gasteiger partial charge on any atom is -0.0984 e. The molecule has 0 fully saturated rings. The Balaban J connectivity index is 0.000000822. The molecule has 0 saturated carbocycles. The van der Waals surface area contributed by atoms with Crippen molar-refractivity contribution in [2.75, 3.05) is 0 Å².